The molecule has 2 heterocycles. The SMILES string of the molecule is Nc1ncc2[nH]cc(CNC[C@@H](O)[C@@H](O)CO)c2n1. The van der Waals surface area contributed by atoms with Gasteiger partial charge in [0.05, 0.1) is 29.9 Å². The van der Waals surface area contributed by atoms with E-state index in [0.29, 0.717) is 6.54 Å². The summed E-state index contributed by atoms with van der Waals surface area (Å²) in [6.45, 7) is 0.139. The Labute approximate surface area is 109 Å². The number of nitrogens with zero attached hydrogens (tertiary/aromatic N) is 2. The molecule has 8 nitrogen and oxygen atoms in total. The van der Waals surface area contributed by atoms with Gasteiger partial charge in [-0.1, -0.05) is 0 Å². The molecule has 0 aliphatic carbocycles. The number of rotatable bonds is 6. The topological polar surface area (TPSA) is 140 Å². The molecule has 0 aliphatic rings. The third-order valence-corrected chi connectivity index (χ3v) is 2.81. The van der Waals surface area contributed by atoms with E-state index in [-0.39, 0.29) is 12.5 Å². The van der Waals surface area contributed by atoms with Gasteiger partial charge in [0.25, 0.3) is 0 Å². The smallest absolute Gasteiger partial charge is 0.220 e. The number of H-pyrrole nitrogens is 1. The number of nitrogen functional groups attached to an aromatic ring is 1. The Kier molecular flexibility index (Phi) is 4.27. The van der Waals surface area contributed by atoms with Crippen LogP contribution in [0.4, 0.5) is 5.95 Å². The van der Waals surface area contributed by atoms with Gasteiger partial charge in [-0.25, -0.2) is 9.97 Å². The van der Waals surface area contributed by atoms with Gasteiger partial charge < -0.3 is 31.4 Å². The van der Waals surface area contributed by atoms with Crippen molar-refractivity contribution in [1.82, 2.24) is 20.3 Å². The molecule has 0 unspecified atom stereocenters. The van der Waals surface area contributed by atoms with Crippen molar-refractivity contribution in [2.45, 2.75) is 18.8 Å². The molecule has 2 aromatic rings. The van der Waals surface area contributed by atoms with E-state index >= 15 is 0 Å². The molecular formula is C11H17N5O3. The maximum absolute atomic E-state index is 9.48. The lowest BCUT2D eigenvalue weighted by atomic mass is 10.2. The van der Waals surface area contributed by atoms with E-state index in [1.54, 1.807) is 12.4 Å². The van der Waals surface area contributed by atoms with Crippen LogP contribution < -0.4 is 11.1 Å². The van der Waals surface area contributed by atoms with E-state index in [9.17, 15) is 10.2 Å². The number of hydrogen-bond donors (Lipinski definition) is 6. The molecule has 7 N–H and O–H groups in total. The van der Waals surface area contributed by atoms with E-state index in [1.165, 1.54) is 0 Å². The zero-order valence-electron chi connectivity index (χ0n) is 10.2. The van der Waals surface area contributed by atoms with E-state index in [2.05, 4.69) is 20.3 Å². The quantitative estimate of drug-likeness (QED) is 0.368. The summed E-state index contributed by atoms with van der Waals surface area (Å²) in [6, 6.07) is 0. The Morgan fingerprint density at radius 3 is 2.89 bits per heavy atom. The normalized spacial score (nSPS) is 14.7. The molecule has 2 atom stereocenters. The highest BCUT2D eigenvalue weighted by Crippen LogP contribution is 2.15. The second-order valence-corrected chi connectivity index (χ2v) is 4.25. The maximum Gasteiger partial charge on any atom is 0.220 e. The van der Waals surface area contributed by atoms with E-state index in [1.807, 2.05) is 0 Å². The van der Waals surface area contributed by atoms with Gasteiger partial charge in [-0.15, -0.1) is 0 Å². The highest BCUT2D eigenvalue weighted by molar-refractivity contribution is 5.78. The Hall–Kier alpha value is -1.74. The Morgan fingerprint density at radius 2 is 2.16 bits per heavy atom. The van der Waals surface area contributed by atoms with E-state index in [0.717, 1.165) is 16.6 Å². The molecular weight excluding hydrogens is 250 g/mol. The minimum Gasteiger partial charge on any atom is -0.394 e. The van der Waals surface area contributed by atoms with Crippen molar-refractivity contribution >= 4 is 17.0 Å². The van der Waals surface area contributed by atoms with Crippen LogP contribution in [0.5, 0.6) is 0 Å². The zero-order valence-corrected chi connectivity index (χ0v) is 10.2. The van der Waals surface area contributed by atoms with Crippen molar-refractivity contribution in [3.8, 4) is 0 Å². The number of anilines is 1. The fraction of sp³-hybridized carbons (Fsp3) is 0.455. The number of aliphatic hydroxyl groups is 3. The van der Waals surface area contributed by atoms with Gasteiger partial charge in [0.15, 0.2) is 0 Å². The molecule has 0 aromatic carbocycles. The summed E-state index contributed by atoms with van der Waals surface area (Å²) >= 11 is 0. The number of aliphatic hydroxyl groups excluding tert-OH is 3. The summed E-state index contributed by atoms with van der Waals surface area (Å²) in [4.78, 5) is 11.0. The van der Waals surface area contributed by atoms with E-state index < -0.39 is 18.8 Å². The number of nitrogens with two attached hydrogens (primary N) is 1. The first-order valence-corrected chi connectivity index (χ1v) is 5.88. The van der Waals surface area contributed by atoms with Crippen LogP contribution in [0.25, 0.3) is 11.0 Å². The molecule has 0 fully saturated rings. The van der Waals surface area contributed by atoms with Crippen LogP contribution in [0.3, 0.4) is 0 Å². The highest BCUT2D eigenvalue weighted by atomic mass is 16.4. The van der Waals surface area contributed by atoms with Crippen LogP contribution in [0.2, 0.25) is 0 Å². The summed E-state index contributed by atoms with van der Waals surface area (Å²) in [7, 11) is 0. The standard InChI is InChI=1S/C11H17N5O3/c12-11-15-3-7-10(16-11)6(2-14-7)1-13-4-8(18)9(19)5-17/h2-3,8-9,13-14,17-19H,1,4-5H2,(H2,12,15,16)/t8-,9+/m1/s1. The monoisotopic (exact) mass is 267 g/mol. The molecule has 104 valence electrons. The van der Waals surface area contributed by atoms with Crippen molar-refractivity contribution in [2.24, 2.45) is 0 Å². The summed E-state index contributed by atoms with van der Waals surface area (Å²) < 4.78 is 0. The first-order chi connectivity index (χ1) is 9.11. The number of nitrogens with one attached hydrogen (secondary N) is 2. The van der Waals surface area contributed by atoms with Crippen LogP contribution in [-0.2, 0) is 6.54 Å². The lowest BCUT2D eigenvalue weighted by molar-refractivity contribution is -0.0129. The Balaban J connectivity index is 1.96. The molecule has 0 spiro atoms. The summed E-state index contributed by atoms with van der Waals surface area (Å²) in [5, 5.41) is 30.3. The minimum atomic E-state index is -1.14. The number of fused-ring (bicyclic) bond motifs is 1. The molecule has 8 heteroatoms. The average molecular weight is 267 g/mol. The summed E-state index contributed by atoms with van der Waals surface area (Å²) in [5.41, 5.74) is 7.91. The second kappa shape index (κ2) is 5.93. The zero-order chi connectivity index (χ0) is 13.8. The van der Waals surface area contributed by atoms with Gasteiger partial charge in [0.1, 0.15) is 6.10 Å². The third-order valence-electron chi connectivity index (χ3n) is 2.81. The van der Waals surface area contributed by atoms with Crippen molar-refractivity contribution in [2.75, 3.05) is 18.9 Å². The maximum atomic E-state index is 9.48. The predicted octanol–water partition coefficient (Wildman–Crippen LogP) is -1.66. The fourth-order valence-electron chi connectivity index (χ4n) is 1.73. The Bertz CT molecular complexity index is 544. The lowest BCUT2D eigenvalue weighted by Crippen LogP contribution is -2.38. The van der Waals surface area contributed by atoms with Crippen LogP contribution in [-0.4, -0.2) is 55.6 Å². The molecule has 2 aromatic heterocycles. The molecule has 0 bridgehead atoms. The minimum absolute atomic E-state index is 0.162. The van der Waals surface area contributed by atoms with Crippen LogP contribution in [0, 0.1) is 0 Å². The Morgan fingerprint density at radius 1 is 1.37 bits per heavy atom. The molecule has 0 amide bonds. The third kappa shape index (κ3) is 3.18. The highest BCUT2D eigenvalue weighted by Gasteiger charge is 2.14. The number of aromatic amines is 1. The summed E-state index contributed by atoms with van der Waals surface area (Å²) in [6.07, 6.45) is 1.22. The average Bonchev–Trinajstić information content (AvgIpc) is 2.80. The van der Waals surface area contributed by atoms with Gasteiger partial charge in [0, 0.05) is 24.8 Å². The number of aromatic nitrogens is 3. The molecule has 0 radical (unpaired) electrons. The van der Waals surface area contributed by atoms with Crippen molar-refractivity contribution in [3.05, 3.63) is 18.0 Å². The largest absolute Gasteiger partial charge is 0.394 e. The van der Waals surface area contributed by atoms with Crippen molar-refractivity contribution in [3.63, 3.8) is 0 Å². The molecule has 0 saturated heterocycles. The van der Waals surface area contributed by atoms with Crippen LogP contribution in [0.1, 0.15) is 5.56 Å². The molecule has 0 aliphatic heterocycles. The van der Waals surface area contributed by atoms with Gasteiger partial charge >= 0.3 is 0 Å². The van der Waals surface area contributed by atoms with Crippen molar-refractivity contribution in [1.29, 1.82) is 0 Å². The second-order valence-electron chi connectivity index (χ2n) is 4.25. The molecule has 0 saturated carbocycles. The molecule has 2 rings (SSSR count). The van der Waals surface area contributed by atoms with Crippen molar-refractivity contribution < 1.29 is 15.3 Å². The fourth-order valence-corrected chi connectivity index (χ4v) is 1.73. The first-order valence-electron chi connectivity index (χ1n) is 5.88. The summed E-state index contributed by atoms with van der Waals surface area (Å²) in [5.74, 6) is 0.198. The number of hydrogen-bond acceptors (Lipinski definition) is 7. The molecule has 19 heavy (non-hydrogen) atoms. The van der Waals surface area contributed by atoms with Gasteiger partial charge in [-0.2, -0.15) is 0 Å². The van der Waals surface area contributed by atoms with Crippen LogP contribution in [0.15, 0.2) is 12.4 Å². The van der Waals surface area contributed by atoms with Crippen LogP contribution >= 0.6 is 0 Å². The lowest BCUT2D eigenvalue weighted by Gasteiger charge is -2.15. The van der Waals surface area contributed by atoms with Gasteiger partial charge in [-0.3, -0.25) is 0 Å². The van der Waals surface area contributed by atoms with Gasteiger partial charge in [0.2, 0.25) is 5.95 Å². The van der Waals surface area contributed by atoms with Gasteiger partial charge in [-0.05, 0) is 0 Å². The van der Waals surface area contributed by atoms with E-state index in [4.69, 9.17) is 10.8 Å². The first kappa shape index (κ1) is 13.7. The predicted molar refractivity (Wildman–Crippen MR) is 69.1 cm³/mol.